The van der Waals surface area contributed by atoms with Gasteiger partial charge < -0.3 is 4.74 Å². The van der Waals surface area contributed by atoms with Gasteiger partial charge in [-0.1, -0.05) is 53.4 Å². The van der Waals surface area contributed by atoms with Crippen LogP contribution in [-0.2, 0) is 10.5 Å². The van der Waals surface area contributed by atoms with Crippen molar-refractivity contribution in [1.29, 1.82) is 5.26 Å². The zero-order valence-corrected chi connectivity index (χ0v) is 16.1. The molecule has 0 saturated heterocycles. The Morgan fingerprint density at radius 2 is 1.96 bits per heavy atom. The highest BCUT2D eigenvalue weighted by Gasteiger charge is 2.17. The van der Waals surface area contributed by atoms with Crippen molar-refractivity contribution < 1.29 is 9.53 Å². The Hall–Kier alpha value is -2.89. The summed E-state index contributed by atoms with van der Waals surface area (Å²) in [5.41, 5.74) is 1.74. The molecule has 3 rings (SSSR count). The summed E-state index contributed by atoms with van der Waals surface area (Å²) < 4.78 is 6.38. The van der Waals surface area contributed by atoms with E-state index in [4.69, 9.17) is 10.00 Å². The molecule has 1 heterocycles. The molecule has 3 aromatic rings. The lowest BCUT2D eigenvalue weighted by atomic mass is 10.2. The number of rotatable bonds is 7. The van der Waals surface area contributed by atoms with E-state index in [1.807, 2.05) is 24.3 Å². The fraction of sp³-hybridized carbons (Fsp3) is 0.158. The van der Waals surface area contributed by atoms with Crippen LogP contribution in [0, 0.1) is 11.3 Å². The Morgan fingerprint density at radius 3 is 2.67 bits per heavy atom. The first-order chi connectivity index (χ1) is 13.1. The quantitative estimate of drug-likeness (QED) is 0.478. The minimum Gasteiger partial charge on any atom is -0.481 e. The van der Waals surface area contributed by atoms with E-state index >= 15 is 0 Å². The Kier molecular flexibility index (Phi) is 6.41. The zero-order chi connectivity index (χ0) is 19.1. The lowest BCUT2D eigenvalue weighted by molar-refractivity contribution is -0.122. The fourth-order valence-corrected chi connectivity index (χ4v) is 3.82. The number of carbonyl (C=O) groups is 1. The normalized spacial score (nSPS) is 11.4. The average molecular weight is 396 g/mol. The van der Waals surface area contributed by atoms with E-state index < -0.39 is 6.10 Å². The van der Waals surface area contributed by atoms with Gasteiger partial charge in [0.25, 0.3) is 5.91 Å². The summed E-state index contributed by atoms with van der Waals surface area (Å²) in [4.78, 5) is 12.3. The molecule has 1 amide bonds. The molecule has 8 heteroatoms. The molecule has 0 unspecified atom stereocenters. The van der Waals surface area contributed by atoms with Gasteiger partial charge in [0.1, 0.15) is 5.75 Å². The molecule has 0 bridgehead atoms. The standard InChI is InChI=1S/C19H16N4O2S2/c1-13(25-16-9-7-14(11-20)8-10-16)17(24)21-18-22-23-19(27-18)26-12-15-5-3-2-4-6-15/h2-10,13H,12H2,1H3,(H,21,22,24)/t13-/m1/s1. The van der Waals surface area contributed by atoms with Gasteiger partial charge in [-0.25, -0.2) is 0 Å². The van der Waals surface area contributed by atoms with Crippen LogP contribution in [-0.4, -0.2) is 22.2 Å². The van der Waals surface area contributed by atoms with Gasteiger partial charge in [0.15, 0.2) is 10.4 Å². The van der Waals surface area contributed by atoms with Crippen LogP contribution < -0.4 is 10.1 Å². The van der Waals surface area contributed by atoms with E-state index in [-0.39, 0.29) is 5.91 Å². The predicted octanol–water partition coefficient (Wildman–Crippen LogP) is 4.11. The Morgan fingerprint density at radius 1 is 1.22 bits per heavy atom. The highest BCUT2D eigenvalue weighted by molar-refractivity contribution is 8.00. The number of ether oxygens (including phenoxy) is 1. The van der Waals surface area contributed by atoms with Crippen LogP contribution in [0.4, 0.5) is 5.13 Å². The molecule has 0 spiro atoms. The molecular weight excluding hydrogens is 380 g/mol. The monoisotopic (exact) mass is 396 g/mol. The van der Waals surface area contributed by atoms with Crippen LogP contribution in [0.1, 0.15) is 18.1 Å². The van der Waals surface area contributed by atoms with Gasteiger partial charge in [0.2, 0.25) is 5.13 Å². The van der Waals surface area contributed by atoms with Crippen molar-refractivity contribution in [2.24, 2.45) is 0 Å². The molecule has 27 heavy (non-hydrogen) atoms. The molecule has 0 aliphatic rings. The number of thioether (sulfide) groups is 1. The molecule has 1 N–H and O–H groups in total. The lowest BCUT2D eigenvalue weighted by Crippen LogP contribution is -2.30. The van der Waals surface area contributed by atoms with Crippen LogP contribution in [0.25, 0.3) is 0 Å². The fourth-order valence-electron chi connectivity index (χ4n) is 2.11. The number of anilines is 1. The van der Waals surface area contributed by atoms with Crippen molar-refractivity contribution in [3.63, 3.8) is 0 Å². The second-order valence-corrected chi connectivity index (χ2v) is 7.73. The summed E-state index contributed by atoms with van der Waals surface area (Å²) >= 11 is 2.90. The number of carbonyl (C=O) groups excluding carboxylic acids is 1. The number of aromatic nitrogens is 2. The number of benzene rings is 2. The summed E-state index contributed by atoms with van der Waals surface area (Å²) in [7, 11) is 0. The van der Waals surface area contributed by atoms with Crippen LogP contribution in [0.5, 0.6) is 5.75 Å². The summed E-state index contributed by atoms with van der Waals surface area (Å²) in [5.74, 6) is 1.00. The Balaban J connectivity index is 1.51. The third kappa shape index (κ3) is 5.54. The molecule has 0 saturated carbocycles. The van der Waals surface area contributed by atoms with Gasteiger partial charge >= 0.3 is 0 Å². The van der Waals surface area contributed by atoms with Gasteiger partial charge in [-0.2, -0.15) is 5.26 Å². The van der Waals surface area contributed by atoms with Crippen LogP contribution in [0.2, 0.25) is 0 Å². The van der Waals surface area contributed by atoms with E-state index in [0.29, 0.717) is 16.4 Å². The van der Waals surface area contributed by atoms with Gasteiger partial charge in [0, 0.05) is 5.75 Å². The molecule has 1 aromatic heterocycles. The number of nitriles is 1. The second kappa shape index (κ2) is 9.16. The van der Waals surface area contributed by atoms with Crippen LogP contribution >= 0.6 is 23.1 Å². The molecule has 0 aliphatic carbocycles. The number of nitrogens with zero attached hydrogens (tertiary/aromatic N) is 3. The largest absolute Gasteiger partial charge is 0.481 e. The summed E-state index contributed by atoms with van der Waals surface area (Å²) in [5, 5.41) is 20.1. The summed E-state index contributed by atoms with van der Waals surface area (Å²) in [6, 6.07) is 18.7. The maximum absolute atomic E-state index is 12.3. The molecule has 0 radical (unpaired) electrons. The van der Waals surface area contributed by atoms with Crippen molar-refractivity contribution in [3.8, 4) is 11.8 Å². The third-order valence-electron chi connectivity index (χ3n) is 3.51. The molecule has 2 aromatic carbocycles. The van der Waals surface area contributed by atoms with E-state index in [2.05, 4.69) is 27.6 Å². The van der Waals surface area contributed by atoms with Gasteiger partial charge in [-0.3, -0.25) is 10.1 Å². The maximum Gasteiger partial charge on any atom is 0.266 e. The second-order valence-electron chi connectivity index (χ2n) is 5.53. The van der Waals surface area contributed by atoms with Crippen molar-refractivity contribution >= 4 is 34.1 Å². The number of hydrogen-bond acceptors (Lipinski definition) is 7. The summed E-state index contributed by atoms with van der Waals surface area (Å²) in [6.07, 6.45) is -0.706. The highest BCUT2D eigenvalue weighted by atomic mass is 32.2. The lowest BCUT2D eigenvalue weighted by Gasteiger charge is -2.13. The SMILES string of the molecule is C[C@@H](Oc1ccc(C#N)cc1)C(=O)Nc1nnc(SCc2ccccc2)s1. The zero-order valence-electron chi connectivity index (χ0n) is 14.5. The van der Waals surface area contributed by atoms with Crippen LogP contribution in [0.3, 0.4) is 0 Å². The van der Waals surface area contributed by atoms with Crippen molar-refractivity contribution in [1.82, 2.24) is 10.2 Å². The number of amides is 1. The molecule has 136 valence electrons. The first-order valence-electron chi connectivity index (χ1n) is 8.12. The van der Waals surface area contributed by atoms with E-state index in [9.17, 15) is 4.79 Å². The highest BCUT2D eigenvalue weighted by Crippen LogP contribution is 2.28. The van der Waals surface area contributed by atoms with Gasteiger partial charge in [-0.05, 0) is 36.8 Å². The molecular formula is C19H16N4O2S2. The van der Waals surface area contributed by atoms with Crippen LogP contribution in [0.15, 0.2) is 58.9 Å². The third-order valence-corrected chi connectivity index (χ3v) is 5.55. The Bertz CT molecular complexity index is 936. The first-order valence-corrected chi connectivity index (χ1v) is 9.92. The molecule has 0 fully saturated rings. The number of nitrogens with one attached hydrogen (secondary N) is 1. The number of hydrogen-bond donors (Lipinski definition) is 1. The van der Waals surface area contributed by atoms with Crippen molar-refractivity contribution in [3.05, 3.63) is 65.7 Å². The summed E-state index contributed by atoms with van der Waals surface area (Å²) in [6.45, 7) is 1.65. The molecule has 6 nitrogen and oxygen atoms in total. The first kappa shape index (κ1) is 18.9. The minimum atomic E-state index is -0.706. The van der Waals surface area contributed by atoms with Gasteiger partial charge in [0.05, 0.1) is 11.6 Å². The van der Waals surface area contributed by atoms with Crippen molar-refractivity contribution in [2.75, 3.05) is 5.32 Å². The maximum atomic E-state index is 12.3. The van der Waals surface area contributed by atoms with Gasteiger partial charge in [-0.15, -0.1) is 10.2 Å². The minimum absolute atomic E-state index is 0.310. The smallest absolute Gasteiger partial charge is 0.266 e. The van der Waals surface area contributed by atoms with E-state index in [1.54, 1.807) is 43.0 Å². The Labute approximate surface area is 165 Å². The van der Waals surface area contributed by atoms with Crippen molar-refractivity contribution in [2.45, 2.75) is 23.1 Å². The van der Waals surface area contributed by atoms with E-state index in [0.717, 1.165) is 10.1 Å². The molecule has 1 atom stereocenters. The molecule has 0 aliphatic heterocycles. The predicted molar refractivity (Wildman–Crippen MR) is 106 cm³/mol. The van der Waals surface area contributed by atoms with E-state index in [1.165, 1.54) is 16.9 Å². The average Bonchev–Trinajstić information content (AvgIpc) is 3.15. The topological polar surface area (TPSA) is 87.9 Å².